The highest BCUT2D eigenvalue weighted by Crippen LogP contribution is 2.20. The predicted molar refractivity (Wildman–Crippen MR) is 73.0 cm³/mol. The molecule has 6 heteroatoms. The lowest BCUT2D eigenvalue weighted by Crippen LogP contribution is -2.13. The zero-order chi connectivity index (χ0) is 14.0. The summed E-state index contributed by atoms with van der Waals surface area (Å²) in [6.07, 6.45) is 0. The molecule has 2 rings (SSSR count). The molecule has 0 aromatic heterocycles. The number of anilines is 1. The summed E-state index contributed by atoms with van der Waals surface area (Å²) in [7, 11) is 0. The Kier molecular flexibility index (Phi) is 4.07. The third-order valence-corrected chi connectivity index (χ3v) is 2.97. The summed E-state index contributed by atoms with van der Waals surface area (Å²) in [6, 6.07) is 7.57. The van der Waals surface area contributed by atoms with E-state index in [4.69, 9.17) is 11.6 Å². The number of amides is 1. The van der Waals surface area contributed by atoms with Crippen molar-refractivity contribution in [2.45, 2.75) is 4.90 Å². The van der Waals surface area contributed by atoms with Crippen LogP contribution in [0.4, 0.5) is 14.5 Å². The summed E-state index contributed by atoms with van der Waals surface area (Å²) in [5.41, 5.74) is 0.181. The van der Waals surface area contributed by atoms with Crippen LogP contribution in [0.3, 0.4) is 0 Å². The number of hydrogen-bond acceptors (Lipinski definition) is 2. The SMILES string of the molecule is O=C(Nc1ccc(Cl)cc1F)c1ccc(F)c(S)c1. The second-order valence-electron chi connectivity index (χ2n) is 3.74. The number of carbonyl (C=O) groups is 1. The van der Waals surface area contributed by atoms with Crippen molar-refractivity contribution in [2.75, 3.05) is 5.32 Å². The van der Waals surface area contributed by atoms with Crippen molar-refractivity contribution in [3.05, 3.63) is 58.6 Å². The standard InChI is InChI=1S/C13H8ClF2NOS/c14-8-2-4-11(10(16)6-8)17-13(18)7-1-3-9(15)12(19)5-7/h1-6,19H,(H,17,18). The van der Waals surface area contributed by atoms with Crippen LogP contribution in [-0.2, 0) is 0 Å². The van der Waals surface area contributed by atoms with E-state index in [0.717, 1.165) is 12.1 Å². The lowest BCUT2D eigenvalue weighted by molar-refractivity contribution is 0.102. The highest BCUT2D eigenvalue weighted by molar-refractivity contribution is 7.80. The lowest BCUT2D eigenvalue weighted by atomic mass is 10.2. The minimum absolute atomic E-state index is 0.000519. The molecule has 2 aromatic rings. The molecule has 1 N–H and O–H groups in total. The van der Waals surface area contributed by atoms with Crippen molar-refractivity contribution in [1.29, 1.82) is 0 Å². The van der Waals surface area contributed by atoms with Gasteiger partial charge in [0.05, 0.1) is 5.69 Å². The summed E-state index contributed by atoms with van der Waals surface area (Å²) in [5.74, 6) is -1.73. The van der Waals surface area contributed by atoms with E-state index in [0.29, 0.717) is 0 Å². The molecule has 0 saturated heterocycles. The van der Waals surface area contributed by atoms with Gasteiger partial charge >= 0.3 is 0 Å². The Morgan fingerprint density at radius 3 is 2.47 bits per heavy atom. The quantitative estimate of drug-likeness (QED) is 0.801. The molecule has 0 atom stereocenters. The minimum Gasteiger partial charge on any atom is -0.319 e. The summed E-state index contributed by atoms with van der Waals surface area (Å²) in [5, 5.41) is 2.60. The van der Waals surface area contributed by atoms with Crippen molar-refractivity contribution in [1.82, 2.24) is 0 Å². The van der Waals surface area contributed by atoms with Crippen LogP contribution < -0.4 is 5.32 Å². The largest absolute Gasteiger partial charge is 0.319 e. The smallest absolute Gasteiger partial charge is 0.255 e. The van der Waals surface area contributed by atoms with E-state index in [-0.39, 0.29) is 21.2 Å². The third kappa shape index (κ3) is 3.24. The number of carbonyl (C=O) groups excluding carboxylic acids is 1. The first-order valence-corrected chi connectivity index (χ1v) is 6.05. The molecule has 0 bridgehead atoms. The number of thiol groups is 1. The van der Waals surface area contributed by atoms with Gasteiger partial charge in [0.15, 0.2) is 0 Å². The van der Waals surface area contributed by atoms with Crippen LogP contribution in [0.1, 0.15) is 10.4 Å². The maximum absolute atomic E-state index is 13.5. The number of hydrogen-bond donors (Lipinski definition) is 2. The summed E-state index contributed by atoms with van der Waals surface area (Å²) in [6.45, 7) is 0. The summed E-state index contributed by atoms with van der Waals surface area (Å²) < 4.78 is 26.5. The second-order valence-corrected chi connectivity index (χ2v) is 4.66. The second kappa shape index (κ2) is 5.59. The van der Waals surface area contributed by atoms with Gasteiger partial charge in [-0.3, -0.25) is 4.79 Å². The first-order chi connectivity index (χ1) is 8.97. The Labute approximate surface area is 118 Å². The molecule has 0 radical (unpaired) electrons. The van der Waals surface area contributed by atoms with Gasteiger partial charge in [0.1, 0.15) is 11.6 Å². The van der Waals surface area contributed by atoms with Crippen LogP contribution >= 0.6 is 24.2 Å². The van der Waals surface area contributed by atoms with Crippen LogP contribution in [-0.4, -0.2) is 5.91 Å². The molecular formula is C13H8ClF2NOS. The van der Waals surface area contributed by atoms with Crippen molar-refractivity contribution < 1.29 is 13.6 Å². The average molecular weight is 300 g/mol. The molecule has 0 aliphatic carbocycles. The van der Waals surface area contributed by atoms with Gasteiger partial charge in [-0.25, -0.2) is 8.78 Å². The fraction of sp³-hybridized carbons (Fsp3) is 0. The highest BCUT2D eigenvalue weighted by atomic mass is 35.5. The van der Waals surface area contributed by atoms with Crippen molar-refractivity contribution in [2.24, 2.45) is 0 Å². The highest BCUT2D eigenvalue weighted by Gasteiger charge is 2.11. The molecule has 19 heavy (non-hydrogen) atoms. The number of benzene rings is 2. The van der Waals surface area contributed by atoms with E-state index < -0.39 is 17.5 Å². The molecule has 1 amide bonds. The Morgan fingerprint density at radius 2 is 1.84 bits per heavy atom. The first kappa shape index (κ1) is 13.8. The van der Waals surface area contributed by atoms with Gasteiger partial charge < -0.3 is 5.32 Å². The molecule has 0 spiro atoms. The number of halogens is 3. The van der Waals surface area contributed by atoms with E-state index in [9.17, 15) is 13.6 Å². The average Bonchev–Trinajstić information content (AvgIpc) is 2.36. The Bertz CT molecular complexity index is 649. The van der Waals surface area contributed by atoms with Gasteiger partial charge in [-0.15, -0.1) is 12.6 Å². The van der Waals surface area contributed by atoms with Gasteiger partial charge in [-0.1, -0.05) is 11.6 Å². The number of nitrogens with one attached hydrogen (secondary N) is 1. The van der Waals surface area contributed by atoms with Crippen LogP contribution in [0.2, 0.25) is 5.02 Å². The van der Waals surface area contributed by atoms with Gasteiger partial charge in [0.25, 0.3) is 5.91 Å². The topological polar surface area (TPSA) is 29.1 Å². The molecule has 2 aromatic carbocycles. The normalized spacial score (nSPS) is 10.3. The predicted octanol–water partition coefficient (Wildman–Crippen LogP) is 4.16. The van der Waals surface area contributed by atoms with E-state index in [1.165, 1.54) is 24.3 Å². The van der Waals surface area contributed by atoms with Crippen molar-refractivity contribution in [3.8, 4) is 0 Å². The van der Waals surface area contributed by atoms with E-state index in [1.807, 2.05) is 0 Å². The zero-order valence-electron chi connectivity index (χ0n) is 9.45. The van der Waals surface area contributed by atoms with Gasteiger partial charge in [-0.2, -0.15) is 0 Å². The summed E-state index contributed by atoms with van der Waals surface area (Å²) >= 11 is 9.48. The third-order valence-electron chi connectivity index (χ3n) is 2.39. The molecule has 0 fully saturated rings. The zero-order valence-corrected chi connectivity index (χ0v) is 11.1. The van der Waals surface area contributed by atoms with E-state index >= 15 is 0 Å². The van der Waals surface area contributed by atoms with Gasteiger partial charge in [0, 0.05) is 15.5 Å². The lowest BCUT2D eigenvalue weighted by Gasteiger charge is -2.07. The monoisotopic (exact) mass is 299 g/mol. The van der Waals surface area contributed by atoms with Crippen LogP contribution in [0.15, 0.2) is 41.3 Å². The molecule has 0 saturated carbocycles. The maximum atomic E-state index is 13.5. The van der Waals surface area contributed by atoms with Crippen LogP contribution in [0.5, 0.6) is 0 Å². The summed E-state index contributed by atoms with van der Waals surface area (Å²) in [4.78, 5) is 11.9. The van der Waals surface area contributed by atoms with Crippen molar-refractivity contribution in [3.63, 3.8) is 0 Å². The Morgan fingerprint density at radius 1 is 1.11 bits per heavy atom. The Hall–Kier alpha value is -1.59. The molecule has 2 nitrogen and oxygen atoms in total. The van der Waals surface area contributed by atoms with E-state index in [2.05, 4.69) is 17.9 Å². The molecular weight excluding hydrogens is 292 g/mol. The fourth-order valence-electron chi connectivity index (χ4n) is 1.44. The molecule has 0 aliphatic rings. The fourth-order valence-corrected chi connectivity index (χ4v) is 1.81. The minimum atomic E-state index is -0.644. The van der Waals surface area contributed by atoms with Crippen LogP contribution in [0.25, 0.3) is 0 Å². The van der Waals surface area contributed by atoms with Crippen molar-refractivity contribution >= 4 is 35.8 Å². The molecule has 0 heterocycles. The van der Waals surface area contributed by atoms with Crippen LogP contribution in [0, 0.1) is 11.6 Å². The molecule has 98 valence electrons. The first-order valence-electron chi connectivity index (χ1n) is 5.22. The molecule has 0 unspecified atom stereocenters. The molecule has 0 aliphatic heterocycles. The Balaban J connectivity index is 2.23. The van der Waals surface area contributed by atoms with Gasteiger partial charge in [-0.05, 0) is 36.4 Å². The maximum Gasteiger partial charge on any atom is 0.255 e. The number of rotatable bonds is 2. The van der Waals surface area contributed by atoms with Gasteiger partial charge in [0.2, 0.25) is 0 Å². The van der Waals surface area contributed by atoms with E-state index in [1.54, 1.807) is 0 Å².